The lowest BCUT2D eigenvalue weighted by atomic mass is 10.1. The average molecular weight is 307 g/mol. The lowest BCUT2D eigenvalue weighted by molar-refractivity contribution is -0.139. The van der Waals surface area contributed by atoms with Gasteiger partial charge in [-0.05, 0) is 30.7 Å². The van der Waals surface area contributed by atoms with Crippen LogP contribution < -0.4 is 10.1 Å². The molecule has 3 N–H and O–H groups in total. The first-order valence-corrected chi connectivity index (χ1v) is 6.71. The number of ether oxygens (including phenoxy) is 1. The van der Waals surface area contributed by atoms with Crippen molar-refractivity contribution in [3.63, 3.8) is 0 Å². The summed E-state index contributed by atoms with van der Waals surface area (Å²) < 4.78 is 44.0. The summed E-state index contributed by atoms with van der Waals surface area (Å²) in [5.74, 6) is -0.353. The average Bonchev–Trinajstić information content (AvgIpc) is 2.44. The quantitative estimate of drug-likeness (QED) is 0.642. The van der Waals surface area contributed by atoms with Gasteiger partial charge in [-0.1, -0.05) is 13.0 Å². The van der Waals surface area contributed by atoms with Crippen molar-refractivity contribution in [1.29, 1.82) is 0 Å². The number of aliphatic hydroxyl groups is 2. The fourth-order valence-corrected chi connectivity index (χ4v) is 1.68. The van der Waals surface area contributed by atoms with Crippen LogP contribution in [0.4, 0.5) is 13.2 Å². The van der Waals surface area contributed by atoms with Gasteiger partial charge in [0.05, 0.1) is 12.2 Å². The molecule has 21 heavy (non-hydrogen) atoms. The first kappa shape index (κ1) is 17.7. The minimum absolute atomic E-state index is 0.344. The van der Waals surface area contributed by atoms with E-state index in [1.54, 1.807) is 6.07 Å². The number of benzene rings is 1. The molecule has 0 amide bonds. The minimum atomic E-state index is -4.54. The molecular weight excluding hydrogens is 287 g/mol. The summed E-state index contributed by atoms with van der Waals surface area (Å²) in [5.41, 5.74) is -0.380. The van der Waals surface area contributed by atoms with E-state index in [4.69, 9.17) is 14.9 Å². The van der Waals surface area contributed by atoms with Gasteiger partial charge >= 0.3 is 6.18 Å². The molecule has 0 radical (unpaired) electrons. The van der Waals surface area contributed by atoms with Gasteiger partial charge in [-0.3, -0.25) is 0 Å². The van der Waals surface area contributed by atoms with Crippen molar-refractivity contribution < 1.29 is 28.1 Å². The van der Waals surface area contributed by atoms with Gasteiger partial charge in [-0.2, -0.15) is 13.2 Å². The van der Waals surface area contributed by atoms with Crippen LogP contribution in [0.25, 0.3) is 0 Å². The van der Waals surface area contributed by atoms with Crippen LogP contribution in [0.3, 0.4) is 0 Å². The van der Waals surface area contributed by atoms with Crippen molar-refractivity contribution in [3.05, 3.63) is 29.3 Å². The molecule has 0 aromatic heterocycles. The Balaban J connectivity index is 2.87. The van der Waals surface area contributed by atoms with Crippen LogP contribution in [-0.4, -0.2) is 36.1 Å². The number of halogens is 3. The highest BCUT2D eigenvalue weighted by molar-refractivity contribution is 5.39. The summed E-state index contributed by atoms with van der Waals surface area (Å²) in [4.78, 5) is 0. The summed E-state index contributed by atoms with van der Waals surface area (Å²) in [5, 5.41) is 20.8. The number of rotatable bonds is 8. The molecule has 0 saturated carbocycles. The summed E-state index contributed by atoms with van der Waals surface area (Å²) >= 11 is 0. The Hall–Kier alpha value is -1.31. The summed E-state index contributed by atoms with van der Waals surface area (Å²) in [6.45, 7) is 2.07. The van der Waals surface area contributed by atoms with Crippen LogP contribution in [0.15, 0.2) is 18.2 Å². The van der Waals surface area contributed by atoms with Gasteiger partial charge in [-0.15, -0.1) is 0 Å². The molecule has 1 atom stereocenters. The predicted octanol–water partition coefficient (Wildman–Crippen LogP) is 1.94. The van der Waals surface area contributed by atoms with Gasteiger partial charge in [0.25, 0.3) is 0 Å². The van der Waals surface area contributed by atoms with Gasteiger partial charge in [0, 0.05) is 6.54 Å². The van der Waals surface area contributed by atoms with Crippen LogP contribution in [0.5, 0.6) is 5.75 Å². The van der Waals surface area contributed by atoms with Crippen molar-refractivity contribution in [2.24, 2.45) is 0 Å². The summed E-state index contributed by atoms with van der Waals surface area (Å²) in [6.07, 6.45) is -4.86. The van der Waals surface area contributed by atoms with E-state index >= 15 is 0 Å². The van der Waals surface area contributed by atoms with E-state index in [2.05, 4.69) is 5.32 Å². The highest BCUT2D eigenvalue weighted by Gasteiger charge is 2.34. The Morgan fingerprint density at radius 3 is 2.62 bits per heavy atom. The van der Waals surface area contributed by atoms with E-state index in [1.807, 2.05) is 6.92 Å². The predicted molar refractivity (Wildman–Crippen MR) is 72.0 cm³/mol. The Morgan fingerprint density at radius 2 is 2.05 bits per heavy atom. The second kappa shape index (κ2) is 8.21. The number of hydrogen-bond donors (Lipinski definition) is 3. The lowest BCUT2D eigenvalue weighted by Crippen LogP contribution is -2.22. The van der Waals surface area contributed by atoms with Crippen LogP contribution >= 0.6 is 0 Å². The van der Waals surface area contributed by atoms with Crippen molar-refractivity contribution in [3.8, 4) is 5.75 Å². The molecule has 0 aliphatic heterocycles. The van der Waals surface area contributed by atoms with E-state index < -0.39 is 31.1 Å². The summed E-state index contributed by atoms with van der Waals surface area (Å²) in [7, 11) is 0. The molecule has 1 rings (SSSR count). The first-order chi connectivity index (χ1) is 9.88. The fourth-order valence-electron chi connectivity index (χ4n) is 1.68. The first-order valence-electron chi connectivity index (χ1n) is 6.71. The van der Waals surface area contributed by atoms with Gasteiger partial charge in [0.1, 0.15) is 18.5 Å². The third-order valence-corrected chi connectivity index (χ3v) is 2.75. The highest BCUT2D eigenvalue weighted by Crippen LogP contribution is 2.36. The molecular formula is C14H20F3NO3. The van der Waals surface area contributed by atoms with Gasteiger partial charge < -0.3 is 20.3 Å². The number of aliphatic hydroxyl groups excluding tert-OH is 2. The van der Waals surface area contributed by atoms with Gasteiger partial charge in [0.2, 0.25) is 0 Å². The van der Waals surface area contributed by atoms with Crippen LogP contribution in [0.2, 0.25) is 0 Å². The number of alkyl halides is 3. The van der Waals surface area contributed by atoms with Crippen LogP contribution in [0.1, 0.15) is 24.5 Å². The fraction of sp³-hybridized carbons (Fsp3) is 0.571. The Morgan fingerprint density at radius 1 is 1.33 bits per heavy atom. The molecule has 120 valence electrons. The molecule has 0 heterocycles. The molecule has 1 aromatic rings. The van der Waals surface area contributed by atoms with Crippen LogP contribution in [-0.2, 0) is 12.7 Å². The topological polar surface area (TPSA) is 61.7 Å². The van der Waals surface area contributed by atoms with E-state index in [0.29, 0.717) is 12.1 Å². The van der Waals surface area contributed by atoms with E-state index in [9.17, 15) is 13.2 Å². The molecule has 0 spiro atoms. The zero-order valence-corrected chi connectivity index (χ0v) is 11.8. The molecule has 0 saturated heterocycles. The largest absolute Gasteiger partial charge is 0.490 e. The molecule has 0 fully saturated rings. The van der Waals surface area contributed by atoms with E-state index in [0.717, 1.165) is 19.0 Å². The normalized spacial score (nSPS) is 13.2. The van der Waals surface area contributed by atoms with Crippen molar-refractivity contribution in [2.75, 3.05) is 19.8 Å². The number of hydrogen-bond acceptors (Lipinski definition) is 4. The van der Waals surface area contributed by atoms with Gasteiger partial charge in [0.15, 0.2) is 0 Å². The Kier molecular flexibility index (Phi) is 6.94. The third kappa shape index (κ3) is 5.91. The molecule has 0 bridgehead atoms. The SMILES string of the molecule is CCCNCc1ccc(OCC(O)CO)c(C(F)(F)F)c1. The maximum atomic E-state index is 13.0. The molecule has 0 aliphatic carbocycles. The molecule has 1 aromatic carbocycles. The zero-order chi connectivity index (χ0) is 15.9. The zero-order valence-electron chi connectivity index (χ0n) is 11.8. The Labute approximate surface area is 121 Å². The van der Waals surface area contributed by atoms with Crippen molar-refractivity contribution in [2.45, 2.75) is 32.2 Å². The highest BCUT2D eigenvalue weighted by atomic mass is 19.4. The standard InChI is InChI=1S/C14H20F3NO3/c1-2-5-18-7-10-3-4-13(21-9-11(20)8-19)12(6-10)14(15,16)17/h3-4,6,11,18-20H,2,5,7-9H2,1H3. The number of nitrogens with one attached hydrogen (secondary N) is 1. The molecule has 4 nitrogen and oxygen atoms in total. The smallest absolute Gasteiger partial charge is 0.419 e. The maximum Gasteiger partial charge on any atom is 0.419 e. The third-order valence-electron chi connectivity index (χ3n) is 2.75. The maximum absolute atomic E-state index is 13.0. The molecule has 7 heteroatoms. The monoisotopic (exact) mass is 307 g/mol. The Bertz CT molecular complexity index is 438. The lowest BCUT2D eigenvalue weighted by Gasteiger charge is -2.17. The second-order valence-corrected chi connectivity index (χ2v) is 4.65. The second-order valence-electron chi connectivity index (χ2n) is 4.65. The minimum Gasteiger partial charge on any atom is -0.490 e. The van der Waals surface area contributed by atoms with E-state index in [-0.39, 0.29) is 5.75 Å². The summed E-state index contributed by atoms with van der Waals surface area (Å²) in [6, 6.07) is 3.80. The molecule has 1 unspecified atom stereocenters. The van der Waals surface area contributed by atoms with Crippen molar-refractivity contribution >= 4 is 0 Å². The van der Waals surface area contributed by atoms with E-state index in [1.165, 1.54) is 6.07 Å². The van der Waals surface area contributed by atoms with Crippen LogP contribution in [0, 0.1) is 0 Å². The van der Waals surface area contributed by atoms with Gasteiger partial charge in [-0.25, -0.2) is 0 Å². The van der Waals surface area contributed by atoms with Crippen molar-refractivity contribution in [1.82, 2.24) is 5.32 Å². The molecule has 0 aliphatic rings.